The topological polar surface area (TPSA) is 55.1 Å². The Morgan fingerprint density at radius 1 is 1.44 bits per heavy atom. The number of amides is 1. The Hall–Kier alpha value is -0.930. The molecule has 1 saturated carbocycles. The molecule has 3 N–H and O–H groups in total. The third kappa shape index (κ3) is 2.25. The third-order valence-electron chi connectivity index (χ3n) is 2.79. The zero-order valence-electron chi connectivity index (χ0n) is 8.76. The van der Waals surface area contributed by atoms with Crippen molar-refractivity contribution in [3.8, 4) is 0 Å². The Kier molecular flexibility index (Phi) is 3.00. The highest BCUT2D eigenvalue weighted by Crippen LogP contribution is 2.39. The molecule has 0 spiro atoms. The van der Waals surface area contributed by atoms with E-state index in [2.05, 4.69) is 5.32 Å². The lowest BCUT2D eigenvalue weighted by Crippen LogP contribution is -2.14. The molecule has 0 radical (unpaired) electrons. The van der Waals surface area contributed by atoms with Crippen molar-refractivity contribution in [3.05, 3.63) is 22.2 Å². The van der Waals surface area contributed by atoms with Gasteiger partial charge in [0.2, 0.25) is 5.91 Å². The molecule has 3 nitrogen and oxygen atoms in total. The van der Waals surface area contributed by atoms with Gasteiger partial charge in [0.05, 0.1) is 15.7 Å². The maximum atomic E-state index is 11.7. The molecule has 1 amide bonds. The first-order valence-corrected chi connectivity index (χ1v) is 5.80. The molecule has 0 aliphatic heterocycles. The van der Waals surface area contributed by atoms with Crippen LogP contribution < -0.4 is 11.1 Å². The largest absolute Gasteiger partial charge is 0.396 e. The molecule has 0 heterocycles. The first kappa shape index (κ1) is 11.6. The van der Waals surface area contributed by atoms with Crippen LogP contribution in [0.4, 0.5) is 11.4 Å². The summed E-state index contributed by atoms with van der Waals surface area (Å²) in [6.45, 7) is 2.05. The van der Waals surface area contributed by atoms with E-state index in [-0.39, 0.29) is 11.8 Å². The average Bonchev–Trinajstić information content (AvgIpc) is 2.92. The van der Waals surface area contributed by atoms with Gasteiger partial charge >= 0.3 is 0 Å². The number of benzene rings is 1. The molecule has 0 saturated heterocycles. The summed E-state index contributed by atoms with van der Waals surface area (Å²) in [4.78, 5) is 11.7. The van der Waals surface area contributed by atoms with Crippen LogP contribution >= 0.6 is 23.2 Å². The molecule has 1 aliphatic rings. The van der Waals surface area contributed by atoms with Crippen molar-refractivity contribution < 1.29 is 4.79 Å². The Balaban J connectivity index is 2.13. The fourth-order valence-electron chi connectivity index (χ4n) is 1.58. The number of hydrogen-bond acceptors (Lipinski definition) is 2. The highest BCUT2D eigenvalue weighted by Gasteiger charge is 2.39. The number of hydrogen-bond donors (Lipinski definition) is 2. The maximum Gasteiger partial charge on any atom is 0.227 e. The zero-order chi connectivity index (χ0) is 11.9. The molecule has 2 atom stereocenters. The number of nitrogens with two attached hydrogens (primary N) is 1. The molecule has 0 bridgehead atoms. The summed E-state index contributed by atoms with van der Waals surface area (Å²) in [5, 5.41) is 3.49. The van der Waals surface area contributed by atoms with Gasteiger partial charge in [-0.1, -0.05) is 30.1 Å². The Morgan fingerprint density at radius 3 is 2.38 bits per heavy atom. The second-order valence-electron chi connectivity index (χ2n) is 4.16. The predicted octanol–water partition coefficient (Wildman–Crippen LogP) is 3.17. The van der Waals surface area contributed by atoms with Crippen LogP contribution in [0.15, 0.2) is 12.1 Å². The number of carbonyl (C=O) groups excluding carboxylic acids is 1. The van der Waals surface area contributed by atoms with Crippen LogP contribution in [0.25, 0.3) is 0 Å². The molecular formula is C11H12Cl2N2O. The van der Waals surface area contributed by atoms with Gasteiger partial charge in [-0.2, -0.15) is 0 Å². The maximum absolute atomic E-state index is 11.7. The van der Waals surface area contributed by atoms with Crippen molar-refractivity contribution in [1.29, 1.82) is 0 Å². The monoisotopic (exact) mass is 258 g/mol. The van der Waals surface area contributed by atoms with Crippen LogP contribution in [0.5, 0.6) is 0 Å². The van der Waals surface area contributed by atoms with Crippen molar-refractivity contribution in [3.63, 3.8) is 0 Å². The van der Waals surface area contributed by atoms with Crippen LogP contribution in [0.1, 0.15) is 13.3 Å². The van der Waals surface area contributed by atoms with Gasteiger partial charge in [-0.3, -0.25) is 4.79 Å². The van der Waals surface area contributed by atoms with E-state index in [1.807, 2.05) is 6.92 Å². The van der Waals surface area contributed by atoms with Crippen LogP contribution in [-0.2, 0) is 4.79 Å². The fraction of sp³-hybridized carbons (Fsp3) is 0.364. The van der Waals surface area contributed by atoms with Crippen molar-refractivity contribution in [1.82, 2.24) is 0 Å². The van der Waals surface area contributed by atoms with E-state index >= 15 is 0 Å². The highest BCUT2D eigenvalue weighted by molar-refractivity contribution is 6.39. The van der Waals surface area contributed by atoms with Gasteiger partial charge in [0.1, 0.15) is 0 Å². The fourth-order valence-corrected chi connectivity index (χ4v) is 2.07. The van der Waals surface area contributed by atoms with Gasteiger partial charge in [0.15, 0.2) is 0 Å². The van der Waals surface area contributed by atoms with Crippen molar-refractivity contribution in [2.45, 2.75) is 13.3 Å². The van der Waals surface area contributed by atoms with Gasteiger partial charge < -0.3 is 11.1 Å². The lowest BCUT2D eigenvalue weighted by molar-refractivity contribution is -0.117. The van der Waals surface area contributed by atoms with E-state index in [9.17, 15) is 4.79 Å². The van der Waals surface area contributed by atoms with Crippen molar-refractivity contribution >= 4 is 40.5 Å². The first-order valence-electron chi connectivity index (χ1n) is 5.04. The quantitative estimate of drug-likeness (QED) is 0.801. The summed E-state index contributed by atoms with van der Waals surface area (Å²) in [6, 6.07) is 3.21. The van der Waals surface area contributed by atoms with Gasteiger partial charge in [-0.15, -0.1) is 0 Å². The third-order valence-corrected chi connectivity index (χ3v) is 3.42. The van der Waals surface area contributed by atoms with Crippen LogP contribution in [0.2, 0.25) is 10.0 Å². The lowest BCUT2D eigenvalue weighted by atomic mass is 10.2. The lowest BCUT2D eigenvalue weighted by Gasteiger charge is -2.08. The summed E-state index contributed by atoms with van der Waals surface area (Å²) in [5.74, 6) is 0.610. The molecule has 5 heteroatoms. The molecular weight excluding hydrogens is 247 g/mol. The Labute approximate surface area is 104 Å². The van der Waals surface area contributed by atoms with Crippen LogP contribution in [0, 0.1) is 11.8 Å². The van der Waals surface area contributed by atoms with Gasteiger partial charge in [0.25, 0.3) is 0 Å². The van der Waals surface area contributed by atoms with Crippen LogP contribution in [0.3, 0.4) is 0 Å². The molecule has 86 valence electrons. The molecule has 1 fully saturated rings. The van der Waals surface area contributed by atoms with Gasteiger partial charge in [-0.25, -0.2) is 0 Å². The number of carbonyl (C=O) groups is 1. The van der Waals surface area contributed by atoms with Crippen molar-refractivity contribution in [2.24, 2.45) is 11.8 Å². The molecule has 1 aliphatic carbocycles. The summed E-state index contributed by atoms with van der Waals surface area (Å²) in [6.07, 6.45) is 0.947. The SMILES string of the molecule is CC1CC1C(=O)Nc1cc(Cl)c(N)c(Cl)c1. The highest BCUT2D eigenvalue weighted by atomic mass is 35.5. The molecule has 0 aromatic heterocycles. The molecule has 2 rings (SSSR count). The molecule has 1 aromatic rings. The van der Waals surface area contributed by atoms with Crippen LogP contribution in [-0.4, -0.2) is 5.91 Å². The summed E-state index contributed by atoms with van der Waals surface area (Å²) >= 11 is 11.7. The second-order valence-corrected chi connectivity index (χ2v) is 4.98. The van der Waals surface area contributed by atoms with Gasteiger partial charge in [-0.05, 0) is 24.5 Å². The van der Waals surface area contributed by atoms with E-state index in [1.54, 1.807) is 12.1 Å². The first-order chi connectivity index (χ1) is 7.49. The van der Waals surface area contributed by atoms with Crippen molar-refractivity contribution in [2.75, 3.05) is 11.1 Å². The normalized spacial score (nSPS) is 22.9. The van der Waals surface area contributed by atoms with Gasteiger partial charge in [0, 0.05) is 11.6 Å². The van der Waals surface area contributed by atoms with E-state index in [0.29, 0.717) is 27.3 Å². The van der Waals surface area contributed by atoms with E-state index < -0.39 is 0 Å². The smallest absolute Gasteiger partial charge is 0.227 e. The predicted molar refractivity (Wildman–Crippen MR) is 66.8 cm³/mol. The summed E-state index contributed by atoms with van der Waals surface area (Å²) in [5.41, 5.74) is 6.52. The molecule has 16 heavy (non-hydrogen) atoms. The van der Waals surface area contributed by atoms with E-state index in [4.69, 9.17) is 28.9 Å². The average molecular weight is 259 g/mol. The minimum Gasteiger partial charge on any atom is -0.396 e. The second kappa shape index (κ2) is 4.15. The number of nitrogens with one attached hydrogen (secondary N) is 1. The van der Waals surface area contributed by atoms with E-state index in [0.717, 1.165) is 6.42 Å². The number of anilines is 2. The minimum atomic E-state index is 0.0180. The van der Waals surface area contributed by atoms with E-state index in [1.165, 1.54) is 0 Å². The Morgan fingerprint density at radius 2 is 1.94 bits per heavy atom. The number of halogens is 2. The summed E-state index contributed by atoms with van der Waals surface area (Å²) in [7, 11) is 0. The number of rotatable bonds is 2. The minimum absolute atomic E-state index is 0.0180. The Bertz CT molecular complexity index is 425. The number of nitrogen functional groups attached to an aromatic ring is 1. The zero-order valence-corrected chi connectivity index (χ0v) is 10.3. The summed E-state index contributed by atoms with van der Waals surface area (Å²) < 4.78 is 0. The molecule has 2 unspecified atom stereocenters. The standard InChI is InChI=1S/C11H12Cl2N2O/c1-5-2-7(5)11(16)15-6-3-8(12)10(14)9(13)4-6/h3-5,7H,2,14H2,1H3,(H,15,16). The molecule has 1 aromatic carbocycles.